The van der Waals surface area contributed by atoms with Gasteiger partial charge in [-0.25, -0.2) is 4.79 Å². The maximum absolute atomic E-state index is 11.1. The van der Waals surface area contributed by atoms with E-state index in [-0.39, 0.29) is 0 Å². The molecule has 0 spiro atoms. The van der Waals surface area contributed by atoms with E-state index in [1.807, 2.05) is 0 Å². The zero-order valence-corrected chi connectivity index (χ0v) is 9.07. The maximum Gasteiger partial charge on any atom is 0.347 e. The van der Waals surface area contributed by atoms with Crippen LogP contribution < -0.4 is 0 Å². The Morgan fingerprint density at radius 3 is 2.13 bits per heavy atom. The quantitative estimate of drug-likeness (QED) is 0.377. The number of rotatable bonds is 5. The first-order chi connectivity index (χ1) is 7.04. The molecular weight excluding hydrogens is 228 g/mol. The molecule has 6 nitrogen and oxygen atoms in total. The van der Waals surface area contributed by atoms with Crippen molar-refractivity contribution in [3.05, 3.63) is 0 Å². The van der Waals surface area contributed by atoms with Gasteiger partial charge in [0.25, 0.3) is 0 Å². The van der Waals surface area contributed by atoms with Gasteiger partial charge in [-0.1, -0.05) is 0 Å². The minimum Gasteiger partial charge on any atom is -0.469 e. The molecule has 0 saturated heterocycles. The van der Waals surface area contributed by atoms with Gasteiger partial charge in [0, 0.05) is 0 Å². The molecule has 0 unspecified atom stereocenters. The van der Waals surface area contributed by atoms with Crippen molar-refractivity contribution in [2.24, 2.45) is 0 Å². The van der Waals surface area contributed by atoms with E-state index in [1.165, 1.54) is 0 Å². The molecule has 0 aliphatic rings. The first-order valence-corrected chi connectivity index (χ1v) is 4.48. The topological polar surface area (TPSA) is 78.9 Å². The number of hydrogen-bond donors (Lipinski definition) is 0. The van der Waals surface area contributed by atoms with Crippen LogP contribution in [0.25, 0.3) is 0 Å². The fourth-order valence-corrected chi connectivity index (χ4v) is 0.792. The van der Waals surface area contributed by atoms with E-state index in [1.54, 1.807) is 0 Å². The zero-order chi connectivity index (χ0) is 11.8. The van der Waals surface area contributed by atoms with Crippen LogP contribution in [0.15, 0.2) is 0 Å². The monoisotopic (exact) mass is 238 g/mol. The summed E-state index contributed by atoms with van der Waals surface area (Å²) in [7, 11) is 2.27. The van der Waals surface area contributed by atoms with E-state index >= 15 is 0 Å². The van der Waals surface area contributed by atoms with Crippen molar-refractivity contribution in [1.29, 1.82) is 0 Å². The molecule has 0 aromatic heterocycles. The second kappa shape index (κ2) is 7.05. The predicted molar refractivity (Wildman–Crippen MR) is 49.2 cm³/mol. The van der Waals surface area contributed by atoms with E-state index in [2.05, 4.69) is 14.2 Å². The van der Waals surface area contributed by atoms with E-state index in [9.17, 15) is 14.4 Å². The van der Waals surface area contributed by atoms with Crippen molar-refractivity contribution < 1.29 is 28.6 Å². The molecule has 0 aliphatic heterocycles. The molecule has 15 heavy (non-hydrogen) atoms. The Kier molecular flexibility index (Phi) is 6.44. The molecule has 0 heterocycles. The van der Waals surface area contributed by atoms with E-state index in [0.29, 0.717) is 0 Å². The van der Waals surface area contributed by atoms with Gasteiger partial charge in [-0.15, -0.1) is 11.6 Å². The summed E-state index contributed by atoms with van der Waals surface area (Å²) in [5.74, 6) is -2.74. The number of carbonyl (C=O) groups is 3. The van der Waals surface area contributed by atoms with Gasteiger partial charge >= 0.3 is 17.9 Å². The highest BCUT2D eigenvalue weighted by molar-refractivity contribution is 6.26. The highest BCUT2D eigenvalue weighted by atomic mass is 35.5. The van der Waals surface area contributed by atoms with Gasteiger partial charge in [0.2, 0.25) is 6.10 Å². The van der Waals surface area contributed by atoms with E-state index < -0.39 is 36.3 Å². The van der Waals surface area contributed by atoms with Crippen LogP contribution in [0.1, 0.15) is 6.42 Å². The Morgan fingerprint density at radius 1 is 1.13 bits per heavy atom. The van der Waals surface area contributed by atoms with Crippen molar-refractivity contribution in [3.8, 4) is 0 Å². The number of methoxy groups -OCH3 is 2. The fraction of sp³-hybridized carbons (Fsp3) is 0.625. The maximum atomic E-state index is 11.1. The van der Waals surface area contributed by atoms with Gasteiger partial charge in [0.05, 0.1) is 20.6 Å². The minimum absolute atomic E-state index is 0.397. The highest BCUT2D eigenvalue weighted by Crippen LogP contribution is 2.04. The molecule has 0 saturated carbocycles. The fourth-order valence-electron chi connectivity index (χ4n) is 0.729. The van der Waals surface area contributed by atoms with Crippen molar-refractivity contribution >= 4 is 29.5 Å². The second-order valence-electron chi connectivity index (χ2n) is 2.42. The smallest absolute Gasteiger partial charge is 0.347 e. The summed E-state index contributed by atoms with van der Waals surface area (Å²) >= 11 is 5.17. The van der Waals surface area contributed by atoms with E-state index in [4.69, 9.17) is 11.6 Å². The van der Waals surface area contributed by atoms with Crippen LogP contribution in [0.4, 0.5) is 0 Å². The molecule has 0 aromatic rings. The third-order valence-electron chi connectivity index (χ3n) is 1.43. The Balaban J connectivity index is 4.37. The molecule has 0 bridgehead atoms. The zero-order valence-electron chi connectivity index (χ0n) is 8.32. The lowest BCUT2D eigenvalue weighted by molar-refractivity contribution is -0.168. The van der Waals surface area contributed by atoms with Crippen molar-refractivity contribution in [2.75, 3.05) is 20.1 Å². The molecule has 1 atom stereocenters. The Hall–Kier alpha value is -1.30. The van der Waals surface area contributed by atoms with Crippen LogP contribution in [0.5, 0.6) is 0 Å². The minimum atomic E-state index is -1.31. The van der Waals surface area contributed by atoms with Gasteiger partial charge in [-0.05, 0) is 0 Å². The Bertz CT molecular complexity index is 234. The van der Waals surface area contributed by atoms with Crippen molar-refractivity contribution in [3.63, 3.8) is 0 Å². The van der Waals surface area contributed by atoms with E-state index in [0.717, 1.165) is 14.2 Å². The number of hydrogen-bond acceptors (Lipinski definition) is 6. The molecule has 0 amide bonds. The number of ether oxygens (including phenoxy) is 3. The third kappa shape index (κ3) is 5.21. The summed E-state index contributed by atoms with van der Waals surface area (Å²) in [6.07, 6.45) is -1.71. The molecule has 86 valence electrons. The molecule has 0 radical (unpaired) electrons. The van der Waals surface area contributed by atoms with Crippen LogP contribution in [-0.2, 0) is 28.6 Å². The van der Waals surface area contributed by atoms with Crippen LogP contribution >= 0.6 is 11.6 Å². The standard InChI is InChI=1S/C8H11ClO6/c1-13-6(10)3-5(8(12)14-2)15-7(11)4-9/h5H,3-4H2,1-2H3/t5-/m1/s1. The average molecular weight is 239 g/mol. The third-order valence-corrected chi connectivity index (χ3v) is 1.64. The van der Waals surface area contributed by atoms with Crippen LogP contribution in [0.3, 0.4) is 0 Å². The summed E-state index contributed by atoms with van der Waals surface area (Å²) in [6.45, 7) is 0. The first kappa shape index (κ1) is 13.7. The van der Waals surface area contributed by atoms with Crippen LogP contribution in [0.2, 0.25) is 0 Å². The highest BCUT2D eigenvalue weighted by Gasteiger charge is 2.26. The van der Waals surface area contributed by atoms with Gasteiger partial charge in [-0.2, -0.15) is 0 Å². The lowest BCUT2D eigenvalue weighted by Gasteiger charge is -2.13. The number of esters is 3. The molecule has 0 N–H and O–H groups in total. The number of carbonyl (C=O) groups excluding carboxylic acids is 3. The molecule has 0 aliphatic carbocycles. The van der Waals surface area contributed by atoms with Crippen LogP contribution in [-0.4, -0.2) is 44.1 Å². The van der Waals surface area contributed by atoms with Crippen molar-refractivity contribution in [1.82, 2.24) is 0 Å². The summed E-state index contributed by atoms with van der Waals surface area (Å²) in [5, 5.41) is 0. The number of halogens is 1. The molecule has 7 heteroatoms. The average Bonchev–Trinajstić information content (AvgIpc) is 2.26. The SMILES string of the molecule is COC(=O)C[C@@H](OC(=O)CCl)C(=O)OC. The lowest BCUT2D eigenvalue weighted by atomic mass is 10.2. The molecule has 0 aromatic carbocycles. The first-order valence-electron chi connectivity index (χ1n) is 3.95. The van der Waals surface area contributed by atoms with Gasteiger partial charge in [-0.3, -0.25) is 9.59 Å². The molecular formula is C8H11ClO6. The number of alkyl halides is 1. The van der Waals surface area contributed by atoms with Gasteiger partial charge < -0.3 is 14.2 Å². The Morgan fingerprint density at radius 2 is 1.73 bits per heavy atom. The van der Waals surface area contributed by atoms with Crippen molar-refractivity contribution in [2.45, 2.75) is 12.5 Å². The molecule has 0 fully saturated rings. The van der Waals surface area contributed by atoms with Crippen LogP contribution in [0, 0.1) is 0 Å². The largest absolute Gasteiger partial charge is 0.469 e. The normalized spacial score (nSPS) is 11.4. The summed E-state index contributed by atoms with van der Waals surface area (Å²) in [4.78, 5) is 32.7. The summed E-state index contributed by atoms with van der Waals surface area (Å²) in [6, 6.07) is 0. The van der Waals surface area contributed by atoms with Gasteiger partial charge in [0.15, 0.2) is 0 Å². The molecule has 0 rings (SSSR count). The summed E-state index contributed by atoms with van der Waals surface area (Å²) < 4.78 is 13.2. The predicted octanol–water partition coefficient (Wildman–Crippen LogP) is -0.127. The summed E-state index contributed by atoms with van der Waals surface area (Å²) in [5.41, 5.74) is 0. The van der Waals surface area contributed by atoms with Gasteiger partial charge in [0.1, 0.15) is 5.88 Å². The second-order valence-corrected chi connectivity index (χ2v) is 2.68. The lowest BCUT2D eigenvalue weighted by Crippen LogP contribution is -2.31. The Labute approximate surface area is 91.4 Å².